The molecule has 0 bridgehead atoms. The minimum Gasteiger partial charge on any atom is -0.497 e. The number of ether oxygens (including phenoxy) is 2. The summed E-state index contributed by atoms with van der Waals surface area (Å²) in [6.45, 7) is 3.58. The average molecular weight is 394 g/mol. The van der Waals surface area contributed by atoms with Crippen LogP contribution in [0.3, 0.4) is 0 Å². The second-order valence-electron chi connectivity index (χ2n) is 6.39. The van der Waals surface area contributed by atoms with Crippen LogP contribution in [0.4, 0.5) is 5.82 Å². The first-order valence-corrected chi connectivity index (χ1v) is 8.97. The van der Waals surface area contributed by atoms with Crippen molar-refractivity contribution in [2.24, 2.45) is 4.99 Å². The molecule has 0 atom stereocenters. The molecule has 1 aromatic carbocycles. The summed E-state index contributed by atoms with van der Waals surface area (Å²) in [6, 6.07) is 12.5. The Morgan fingerprint density at radius 3 is 2.52 bits per heavy atom. The molecule has 0 aliphatic rings. The molecule has 1 N–H and O–H groups in total. The van der Waals surface area contributed by atoms with Crippen molar-refractivity contribution >= 4 is 17.5 Å². The summed E-state index contributed by atoms with van der Waals surface area (Å²) >= 11 is 0. The molecule has 3 rings (SSSR count). The topological polar surface area (TPSA) is 98.6 Å². The highest BCUT2D eigenvalue weighted by Crippen LogP contribution is 2.16. The highest BCUT2D eigenvalue weighted by molar-refractivity contribution is 6.01. The fraction of sp³-hybridized carbons (Fsp3) is 0.238. The van der Waals surface area contributed by atoms with Gasteiger partial charge in [0.1, 0.15) is 5.75 Å². The second kappa shape index (κ2) is 8.55. The number of benzene rings is 1. The number of nitrogens with one attached hydrogen (secondary N) is 1. The van der Waals surface area contributed by atoms with Crippen molar-refractivity contribution in [3.8, 4) is 11.4 Å². The van der Waals surface area contributed by atoms with E-state index >= 15 is 0 Å². The Labute approximate surface area is 167 Å². The summed E-state index contributed by atoms with van der Waals surface area (Å²) in [5, 5.41) is 3.01. The number of carbonyl (C=O) groups excluding carboxylic acids is 1. The van der Waals surface area contributed by atoms with Gasteiger partial charge in [-0.25, -0.2) is 14.7 Å². The van der Waals surface area contributed by atoms with E-state index in [9.17, 15) is 9.59 Å². The Bertz CT molecular complexity index is 1110. The van der Waals surface area contributed by atoms with Crippen LogP contribution in [-0.4, -0.2) is 40.7 Å². The first-order valence-electron chi connectivity index (χ1n) is 8.97. The standard InChI is InChI=1S/C21H22N4O4/c1-13-6-5-7-18(22-13)23-14(2)20-17(12-19(26)29-4)24-25(21(20)27)15-8-10-16(28-3)11-9-15/h5-11,24H,12H2,1-4H3/b23-14-. The number of aliphatic imine (C=N–C) groups is 1. The molecule has 0 aliphatic heterocycles. The minimum absolute atomic E-state index is 0.0850. The molecule has 0 spiro atoms. The molecule has 3 aromatic rings. The van der Waals surface area contributed by atoms with E-state index in [1.807, 2.05) is 19.1 Å². The third-order valence-electron chi connectivity index (χ3n) is 4.36. The van der Waals surface area contributed by atoms with E-state index < -0.39 is 5.97 Å². The number of aromatic amines is 1. The molecule has 0 amide bonds. The molecule has 150 valence electrons. The van der Waals surface area contributed by atoms with Crippen LogP contribution in [0.15, 0.2) is 52.3 Å². The van der Waals surface area contributed by atoms with Gasteiger partial charge in [0.15, 0.2) is 5.82 Å². The lowest BCUT2D eigenvalue weighted by molar-refractivity contribution is -0.139. The molecule has 0 saturated heterocycles. The maximum Gasteiger partial charge on any atom is 0.311 e. The number of hydrogen-bond donors (Lipinski definition) is 1. The van der Waals surface area contributed by atoms with Gasteiger partial charge in [0.2, 0.25) is 0 Å². The number of nitrogens with zero attached hydrogens (tertiary/aromatic N) is 3. The van der Waals surface area contributed by atoms with Gasteiger partial charge >= 0.3 is 5.97 Å². The number of aromatic nitrogens is 3. The second-order valence-corrected chi connectivity index (χ2v) is 6.39. The van der Waals surface area contributed by atoms with Gasteiger partial charge in [-0.2, -0.15) is 0 Å². The molecule has 2 aromatic heterocycles. The summed E-state index contributed by atoms with van der Waals surface area (Å²) in [4.78, 5) is 33.9. The first-order chi connectivity index (χ1) is 13.9. The van der Waals surface area contributed by atoms with E-state index in [-0.39, 0.29) is 12.0 Å². The zero-order valence-corrected chi connectivity index (χ0v) is 16.7. The molecular formula is C21H22N4O4. The van der Waals surface area contributed by atoms with Crippen LogP contribution in [0.5, 0.6) is 5.75 Å². The average Bonchev–Trinajstić information content (AvgIpc) is 3.03. The molecule has 0 aliphatic carbocycles. The number of carbonyl (C=O) groups is 1. The van der Waals surface area contributed by atoms with Crippen LogP contribution < -0.4 is 10.3 Å². The maximum absolute atomic E-state index is 13.2. The summed E-state index contributed by atoms with van der Waals surface area (Å²) in [6.07, 6.45) is -0.0850. The monoisotopic (exact) mass is 394 g/mol. The number of rotatable bonds is 6. The largest absolute Gasteiger partial charge is 0.497 e. The first kappa shape index (κ1) is 20.1. The molecule has 2 heterocycles. The lowest BCUT2D eigenvalue weighted by atomic mass is 10.1. The van der Waals surface area contributed by atoms with Gasteiger partial charge in [-0.1, -0.05) is 6.07 Å². The lowest BCUT2D eigenvalue weighted by Gasteiger charge is -2.03. The predicted molar refractivity (Wildman–Crippen MR) is 110 cm³/mol. The Hall–Kier alpha value is -3.68. The molecule has 0 unspecified atom stereocenters. The zero-order valence-electron chi connectivity index (χ0n) is 16.7. The number of aryl methyl sites for hydroxylation is 1. The number of hydrogen-bond acceptors (Lipinski definition) is 6. The highest BCUT2D eigenvalue weighted by atomic mass is 16.5. The van der Waals surface area contributed by atoms with Crippen molar-refractivity contribution in [2.45, 2.75) is 20.3 Å². The molecular weight excluding hydrogens is 372 g/mol. The van der Waals surface area contributed by atoms with Crippen molar-refractivity contribution in [1.82, 2.24) is 14.8 Å². The van der Waals surface area contributed by atoms with Crippen LogP contribution >= 0.6 is 0 Å². The van der Waals surface area contributed by atoms with Crippen LogP contribution in [0.1, 0.15) is 23.9 Å². The highest BCUT2D eigenvalue weighted by Gasteiger charge is 2.20. The van der Waals surface area contributed by atoms with Gasteiger partial charge in [0, 0.05) is 5.69 Å². The molecule has 8 nitrogen and oxygen atoms in total. The van der Waals surface area contributed by atoms with Gasteiger partial charge < -0.3 is 9.47 Å². The smallest absolute Gasteiger partial charge is 0.311 e. The van der Waals surface area contributed by atoms with Gasteiger partial charge in [-0.05, 0) is 50.2 Å². The number of pyridine rings is 1. The van der Waals surface area contributed by atoms with Crippen molar-refractivity contribution in [3.63, 3.8) is 0 Å². The molecule has 8 heteroatoms. The quantitative estimate of drug-likeness (QED) is 0.512. The van der Waals surface area contributed by atoms with Crippen LogP contribution in [-0.2, 0) is 16.0 Å². The Morgan fingerprint density at radius 2 is 1.90 bits per heavy atom. The zero-order chi connectivity index (χ0) is 21.0. The van der Waals surface area contributed by atoms with Crippen molar-refractivity contribution in [1.29, 1.82) is 0 Å². The molecule has 0 fully saturated rings. The van der Waals surface area contributed by atoms with Gasteiger partial charge in [-0.15, -0.1) is 0 Å². The van der Waals surface area contributed by atoms with E-state index in [4.69, 9.17) is 9.47 Å². The van der Waals surface area contributed by atoms with E-state index in [0.717, 1.165) is 5.69 Å². The van der Waals surface area contributed by atoms with Crippen LogP contribution in [0.25, 0.3) is 5.69 Å². The minimum atomic E-state index is -0.462. The third-order valence-corrected chi connectivity index (χ3v) is 4.36. The van der Waals surface area contributed by atoms with Crippen LogP contribution in [0, 0.1) is 6.92 Å². The van der Waals surface area contributed by atoms with E-state index in [0.29, 0.717) is 34.2 Å². The third kappa shape index (κ3) is 4.43. The van der Waals surface area contributed by atoms with E-state index in [1.54, 1.807) is 44.4 Å². The van der Waals surface area contributed by atoms with Crippen LogP contribution in [0.2, 0.25) is 0 Å². The Balaban J connectivity index is 2.11. The summed E-state index contributed by atoms with van der Waals surface area (Å²) < 4.78 is 11.3. The van der Waals surface area contributed by atoms with Gasteiger partial charge in [-0.3, -0.25) is 14.7 Å². The maximum atomic E-state index is 13.2. The fourth-order valence-electron chi connectivity index (χ4n) is 2.93. The Morgan fingerprint density at radius 1 is 1.17 bits per heavy atom. The summed E-state index contributed by atoms with van der Waals surface area (Å²) in [5.74, 6) is 0.700. The summed E-state index contributed by atoms with van der Waals surface area (Å²) in [5.41, 5.74) is 2.30. The van der Waals surface area contributed by atoms with E-state index in [2.05, 4.69) is 15.1 Å². The van der Waals surface area contributed by atoms with Crippen molar-refractivity contribution in [2.75, 3.05) is 14.2 Å². The predicted octanol–water partition coefficient (Wildman–Crippen LogP) is 2.73. The van der Waals surface area contributed by atoms with E-state index in [1.165, 1.54) is 11.8 Å². The van der Waals surface area contributed by atoms with Crippen molar-refractivity contribution < 1.29 is 14.3 Å². The number of esters is 1. The normalized spacial score (nSPS) is 11.4. The fourth-order valence-corrected chi connectivity index (χ4v) is 2.93. The van der Waals surface area contributed by atoms with Gasteiger partial charge in [0.05, 0.1) is 43.3 Å². The van der Waals surface area contributed by atoms with Crippen molar-refractivity contribution in [3.05, 3.63) is 69.8 Å². The molecule has 0 saturated carbocycles. The summed E-state index contributed by atoms with van der Waals surface area (Å²) in [7, 11) is 2.87. The Kier molecular flexibility index (Phi) is 5.92. The molecule has 0 radical (unpaired) electrons. The SMILES string of the molecule is COC(=O)Cc1[nH]n(-c2ccc(OC)cc2)c(=O)c1/C(C)=N\c1cccc(C)n1. The number of H-pyrrole nitrogens is 1. The number of methoxy groups -OCH3 is 2. The molecule has 29 heavy (non-hydrogen) atoms. The lowest BCUT2D eigenvalue weighted by Crippen LogP contribution is -2.20. The van der Waals surface area contributed by atoms with Gasteiger partial charge in [0.25, 0.3) is 5.56 Å².